The van der Waals surface area contributed by atoms with E-state index in [1.165, 1.54) is 19.3 Å². The molecule has 3 nitrogen and oxygen atoms in total. The molecule has 1 saturated heterocycles. The van der Waals surface area contributed by atoms with E-state index in [1.807, 2.05) is 37.3 Å². The summed E-state index contributed by atoms with van der Waals surface area (Å²) in [6, 6.07) is 9.76. The van der Waals surface area contributed by atoms with Gasteiger partial charge in [0.1, 0.15) is 6.04 Å². The normalized spacial score (nSPS) is 19.4. The van der Waals surface area contributed by atoms with E-state index in [4.69, 9.17) is 4.74 Å². The van der Waals surface area contributed by atoms with Gasteiger partial charge in [-0.3, -0.25) is 4.90 Å². The molecular formula is C18H27NO2. The summed E-state index contributed by atoms with van der Waals surface area (Å²) >= 11 is 0. The molecule has 0 N–H and O–H groups in total. The number of benzene rings is 1. The number of carbonyl (C=O) groups is 1. The maximum atomic E-state index is 12.5. The Morgan fingerprint density at radius 3 is 2.43 bits per heavy atom. The molecule has 0 spiro atoms. The molecule has 1 aromatic rings. The van der Waals surface area contributed by atoms with Crippen LogP contribution < -0.4 is 0 Å². The minimum absolute atomic E-state index is 0.119. The van der Waals surface area contributed by atoms with E-state index >= 15 is 0 Å². The number of nitrogens with zero attached hydrogens (tertiary/aromatic N) is 1. The standard InChI is InChI=1S/C18H27NO2/c1-4-18(5-2)12-13-19(14-18)16(17(20)21-6-3)15-10-8-7-9-11-15/h7-11,16H,4-6,12-14H2,1-3H3. The minimum Gasteiger partial charge on any atom is -0.465 e. The van der Waals surface area contributed by atoms with E-state index in [2.05, 4.69) is 18.7 Å². The van der Waals surface area contributed by atoms with Gasteiger partial charge in [0, 0.05) is 6.54 Å². The summed E-state index contributed by atoms with van der Waals surface area (Å²) in [7, 11) is 0. The number of carbonyl (C=O) groups excluding carboxylic acids is 1. The van der Waals surface area contributed by atoms with Gasteiger partial charge in [-0.1, -0.05) is 44.2 Å². The Bertz CT molecular complexity index is 454. The van der Waals surface area contributed by atoms with Gasteiger partial charge in [-0.15, -0.1) is 0 Å². The van der Waals surface area contributed by atoms with Gasteiger partial charge in [-0.2, -0.15) is 0 Å². The Labute approximate surface area is 128 Å². The third-order valence-corrected chi connectivity index (χ3v) is 4.96. The Morgan fingerprint density at radius 1 is 1.24 bits per heavy atom. The summed E-state index contributed by atoms with van der Waals surface area (Å²) in [6.45, 7) is 8.78. The molecule has 0 amide bonds. The summed E-state index contributed by atoms with van der Waals surface area (Å²) in [5, 5.41) is 0. The Balaban J connectivity index is 2.23. The van der Waals surface area contributed by atoms with Crippen molar-refractivity contribution >= 4 is 5.97 Å². The van der Waals surface area contributed by atoms with Crippen molar-refractivity contribution in [1.82, 2.24) is 4.90 Å². The quantitative estimate of drug-likeness (QED) is 0.746. The fourth-order valence-corrected chi connectivity index (χ4v) is 3.37. The van der Waals surface area contributed by atoms with E-state index in [-0.39, 0.29) is 12.0 Å². The number of rotatable bonds is 6. The van der Waals surface area contributed by atoms with E-state index in [9.17, 15) is 4.79 Å². The van der Waals surface area contributed by atoms with Crippen molar-refractivity contribution in [3.05, 3.63) is 35.9 Å². The number of likely N-dealkylation sites (tertiary alicyclic amines) is 1. The average molecular weight is 289 g/mol. The van der Waals surface area contributed by atoms with Crippen LogP contribution in [0.3, 0.4) is 0 Å². The smallest absolute Gasteiger partial charge is 0.327 e. The predicted octanol–water partition coefficient (Wildman–Crippen LogP) is 3.80. The monoisotopic (exact) mass is 289 g/mol. The lowest BCUT2D eigenvalue weighted by atomic mass is 9.82. The zero-order chi connectivity index (χ0) is 15.3. The van der Waals surface area contributed by atoms with Crippen LogP contribution >= 0.6 is 0 Å². The zero-order valence-corrected chi connectivity index (χ0v) is 13.5. The molecule has 21 heavy (non-hydrogen) atoms. The van der Waals surface area contributed by atoms with Crippen molar-refractivity contribution in [2.75, 3.05) is 19.7 Å². The molecule has 116 valence electrons. The Morgan fingerprint density at radius 2 is 1.90 bits per heavy atom. The highest BCUT2D eigenvalue weighted by Gasteiger charge is 2.40. The van der Waals surface area contributed by atoms with Crippen molar-refractivity contribution in [1.29, 1.82) is 0 Å². The van der Waals surface area contributed by atoms with Crippen molar-refractivity contribution in [3.63, 3.8) is 0 Å². The zero-order valence-electron chi connectivity index (χ0n) is 13.5. The second-order valence-electron chi connectivity index (χ2n) is 5.99. The number of hydrogen-bond donors (Lipinski definition) is 0. The lowest BCUT2D eigenvalue weighted by Gasteiger charge is -2.30. The van der Waals surface area contributed by atoms with Gasteiger partial charge >= 0.3 is 5.97 Å². The summed E-state index contributed by atoms with van der Waals surface area (Å²) in [5.41, 5.74) is 1.40. The molecule has 1 aliphatic rings. The summed E-state index contributed by atoms with van der Waals surface area (Å²) in [4.78, 5) is 14.8. The molecule has 3 heteroatoms. The average Bonchev–Trinajstić information content (AvgIpc) is 2.94. The molecule has 1 fully saturated rings. The van der Waals surface area contributed by atoms with Gasteiger partial charge in [0.25, 0.3) is 0 Å². The number of ether oxygens (including phenoxy) is 1. The maximum absolute atomic E-state index is 12.5. The van der Waals surface area contributed by atoms with Gasteiger partial charge in [0.05, 0.1) is 6.61 Å². The van der Waals surface area contributed by atoms with Gasteiger partial charge < -0.3 is 4.74 Å². The van der Waals surface area contributed by atoms with E-state index < -0.39 is 0 Å². The molecule has 1 aliphatic heterocycles. The van der Waals surface area contributed by atoms with Crippen molar-refractivity contribution in [2.24, 2.45) is 5.41 Å². The first-order chi connectivity index (χ1) is 10.2. The van der Waals surface area contributed by atoms with Crippen LogP contribution in [0.5, 0.6) is 0 Å². The predicted molar refractivity (Wildman–Crippen MR) is 85.0 cm³/mol. The summed E-state index contributed by atoms with van der Waals surface area (Å²) in [5.74, 6) is -0.119. The van der Waals surface area contributed by atoms with Gasteiger partial charge in [-0.05, 0) is 43.7 Å². The first-order valence-electron chi connectivity index (χ1n) is 8.11. The highest BCUT2D eigenvalue weighted by Crippen LogP contribution is 2.40. The first-order valence-corrected chi connectivity index (χ1v) is 8.11. The highest BCUT2D eigenvalue weighted by atomic mass is 16.5. The van der Waals surface area contributed by atoms with Crippen LogP contribution in [0.1, 0.15) is 51.6 Å². The topological polar surface area (TPSA) is 29.5 Å². The van der Waals surface area contributed by atoms with Gasteiger partial charge in [0.15, 0.2) is 0 Å². The van der Waals surface area contributed by atoms with E-state index in [1.54, 1.807) is 0 Å². The maximum Gasteiger partial charge on any atom is 0.327 e. The molecule has 1 heterocycles. The highest BCUT2D eigenvalue weighted by molar-refractivity contribution is 5.77. The fourth-order valence-electron chi connectivity index (χ4n) is 3.37. The molecule has 2 rings (SSSR count). The summed E-state index contributed by atoms with van der Waals surface area (Å²) < 4.78 is 5.33. The van der Waals surface area contributed by atoms with Crippen LogP contribution in [-0.2, 0) is 9.53 Å². The lowest BCUT2D eigenvalue weighted by Crippen LogP contribution is -2.35. The molecule has 1 unspecified atom stereocenters. The van der Waals surface area contributed by atoms with E-state index in [0.29, 0.717) is 12.0 Å². The third kappa shape index (κ3) is 3.46. The third-order valence-electron chi connectivity index (χ3n) is 4.96. The summed E-state index contributed by atoms with van der Waals surface area (Å²) in [6.07, 6.45) is 3.51. The molecule has 0 aliphatic carbocycles. The van der Waals surface area contributed by atoms with Crippen LogP contribution in [0.4, 0.5) is 0 Å². The Hall–Kier alpha value is -1.35. The number of hydrogen-bond acceptors (Lipinski definition) is 3. The molecule has 1 aromatic carbocycles. The van der Waals surface area contributed by atoms with Crippen LogP contribution in [-0.4, -0.2) is 30.6 Å². The molecule has 1 atom stereocenters. The van der Waals surface area contributed by atoms with Crippen LogP contribution in [0.25, 0.3) is 0 Å². The molecule has 0 saturated carbocycles. The van der Waals surface area contributed by atoms with Crippen molar-refractivity contribution < 1.29 is 9.53 Å². The van der Waals surface area contributed by atoms with Crippen LogP contribution in [0.15, 0.2) is 30.3 Å². The van der Waals surface area contributed by atoms with Crippen LogP contribution in [0, 0.1) is 5.41 Å². The van der Waals surface area contributed by atoms with Crippen molar-refractivity contribution in [3.8, 4) is 0 Å². The molecular weight excluding hydrogens is 262 g/mol. The molecule has 0 aromatic heterocycles. The second kappa shape index (κ2) is 7.08. The minimum atomic E-state index is -0.258. The Kier molecular flexibility index (Phi) is 5.40. The molecule has 0 bridgehead atoms. The van der Waals surface area contributed by atoms with E-state index in [0.717, 1.165) is 18.7 Å². The van der Waals surface area contributed by atoms with Gasteiger partial charge in [-0.25, -0.2) is 4.79 Å². The van der Waals surface area contributed by atoms with Gasteiger partial charge in [0.2, 0.25) is 0 Å². The number of esters is 1. The second-order valence-corrected chi connectivity index (χ2v) is 5.99. The fraction of sp³-hybridized carbons (Fsp3) is 0.611. The largest absolute Gasteiger partial charge is 0.465 e. The molecule has 0 radical (unpaired) electrons. The van der Waals surface area contributed by atoms with Crippen LogP contribution in [0.2, 0.25) is 0 Å². The lowest BCUT2D eigenvalue weighted by molar-refractivity contribution is -0.149. The van der Waals surface area contributed by atoms with Crippen molar-refractivity contribution in [2.45, 2.75) is 46.1 Å². The SMILES string of the molecule is CCOC(=O)C(c1ccccc1)N1CCC(CC)(CC)C1. The first kappa shape index (κ1) is 16.0.